The van der Waals surface area contributed by atoms with Crippen LogP contribution in [0.4, 0.5) is 0 Å². The zero-order valence-electron chi connectivity index (χ0n) is 17.7. The second-order valence-electron chi connectivity index (χ2n) is 7.33. The van der Waals surface area contributed by atoms with Gasteiger partial charge in [-0.2, -0.15) is 5.10 Å². The Morgan fingerprint density at radius 3 is 2.03 bits per heavy atom. The molecule has 1 aromatic carbocycles. The van der Waals surface area contributed by atoms with Crippen molar-refractivity contribution < 1.29 is 19.4 Å². The fourth-order valence-electron chi connectivity index (χ4n) is 2.98. The summed E-state index contributed by atoms with van der Waals surface area (Å²) in [5, 5.41) is 12.5. The Kier molecular flexibility index (Phi) is 14.1. The third kappa shape index (κ3) is 14.3. The molecule has 0 saturated heterocycles. The van der Waals surface area contributed by atoms with Gasteiger partial charge in [0.15, 0.2) is 6.61 Å². The maximum atomic E-state index is 11.8. The molecule has 0 aliphatic rings. The van der Waals surface area contributed by atoms with Crippen LogP contribution in [0.2, 0.25) is 0 Å². The predicted octanol–water partition coefficient (Wildman–Crippen LogP) is 5.30. The van der Waals surface area contributed by atoms with Crippen LogP contribution in [0.1, 0.15) is 89.5 Å². The van der Waals surface area contributed by atoms with E-state index in [1.54, 1.807) is 30.5 Å². The summed E-state index contributed by atoms with van der Waals surface area (Å²) in [5.74, 6) is -0.611. The van der Waals surface area contributed by atoms with E-state index in [2.05, 4.69) is 17.5 Å². The Morgan fingerprint density at radius 2 is 1.48 bits per heavy atom. The van der Waals surface area contributed by atoms with E-state index in [1.807, 2.05) is 0 Å². The molecule has 0 spiro atoms. The molecule has 0 bridgehead atoms. The molecule has 1 rings (SSSR count). The number of nitrogens with one attached hydrogen (secondary N) is 1. The lowest BCUT2D eigenvalue weighted by atomic mass is 10.1. The fraction of sp³-hybridized carbons (Fsp3) is 0.609. The van der Waals surface area contributed by atoms with Crippen molar-refractivity contribution in [1.29, 1.82) is 0 Å². The molecule has 0 aliphatic heterocycles. The predicted molar refractivity (Wildman–Crippen MR) is 116 cm³/mol. The maximum Gasteiger partial charge on any atom is 0.341 e. The number of amides is 1. The number of carbonyl (C=O) groups excluding carboxylic acids is 1. The highest BCUT2D eigenvalue weighted by Gasteiger charge is 2.01. The molecule has 162 valence electrons. The van der Waals surface area contributed by atoms with Gasteiger partial charge in [-0.25, -0.2) is 10.2 Å². The first-order chi connectivity index (χ1) is 14.1. The van der Waals surface area contributed by atoms with Crippen LogP contribution >= 0.6 is 0 Å². The number of unbranched alkanes of at least 4 members (excludes halogenated alkanes) is 10. The van der Waals surface area contributed by atoms with Crippen molar-refractivity contribution in [3.63, 3.8) is 0 Å². The van der Waals surface area contributed by atoms with Crippen molar-refractivity contribution in [2.75, 3.05) is 6.61 Å². The lowest BCUT2D eigenvalue weighted by Crippen LogP contribution is -2.16. The number of aliphatic carboxylic acids is 1. The first-order valence-electron chi connectivity index (χ1n) is 10.9. The minimum atomic E-state index is -1.02. The summed E-state index contributed by atoms with van der Waals surface area (Å²) in [6.45, 7) is 1.87. The van der Waals surface area contributed by atoms with E-state index in [-0.39, 0.29) is 12.5 Å². The van der Waals surface area contributed by atoms with Crippen LogP contribution in [0.3, 0.4) is 0 Å². The Labute approximate surface area is 174 Å². The van der Waals surface area contributed by atoms with Crippen LogP contribution in [0, 0.1) is 0 Å². The van der Waals surface area contributed by atoms with Crippen LogP contribution in [0.15, 0.2) is 29.4 Å². The van der Waals surface area contributed by atoms with Gasteiger partial charge in [-0.15, -0.1) is 0 Å². The molecule has 0 atom stereocenters. The van der Waals surface area contributed by atoms with Gasteiger partial charge in [-0.1, -0.05) is 71.1 Å². The van der Waals surface area contributed by atoms with Gasteiger partial charge < -0.3 is 9.84 Å². The highest BCUT2D eigenvalue weighted by Crippen LogP contribution is 2.12. The highest BCUT2D eigenvalue weighted by atomic mass is 16.5. The molecule has 0 heterocycles. The van der Waals surface area contributed by atoms with E-state index >= 15 is 0 Å². The average molecular weight is 405 g/mol. The topological polar surface area (TPSA) is 88.0 Å². The molecule has 0 radical (unpaired) electrons. The monoisotopic (exact) mass is 404 g/mol. The zero-order chi connectivity index (χ0) is 21.2. The molecule has 0 saturated carbocycles. The zero-order valence-corrected chi connectivity index (χ0v) is 17.7. The summed E-state index contributed by atoms with van der Waals surface area (Å²) in [4.78, 5) is 22.2. The van der Waals surface area contributed by atoms with Crippen molar-refractivity contribution in [2.24, 2.45) is 5.10 Å². The largest absolute Gasteiger partial charge is 0.482 e. The Balaban J connectivity index is 2.02. The highest BCUT2D eigenvalue weighted by molar-refractivity contribution is 5.82. The van der Waals surface area contributed by atoms with Gasteiger partial charge in [0.25, 0.3) is 0 Å². The summed E-state index contributed by atoms with van der Waals surface area (Å²) < 4.78 is 5.06. The number of ether oxygens (including phenoxy) is 1. The number of hydrogen-bond donors (Lipinski definition) is 2. The normalized spacial score (nSPS) is 10.9. The third-order valence-corrected chi connectivity index (χ3v) is 4.65. The number of hydrogen-bond acceptors (Lipinski definition) is 4. The minimum Gasteiger partial charge on any atom is -0.482 e. The molecule has 1 aromatic rings. The number of carbonyl (C=O) groups is 2. The van der Waals surface area contributed by atoms with E-state index in [0.29, 0.717) is 12.2 Å². The van der Waals surface area contributed by atoms with E-state index in [4.69, 9.17) is 9.84 Å². The molecule has 6 heteroatoms. The van der Waals surface area contributed by atoms with Crippen molar-refractivity contribution >= 4 is 18.1 Å². The van der Waals surface area contributed by atoms with Gasteiger partial charge >= 0.3 is 5.97 Å². The van der Waals surface area contributed by atoms with Gasteiger partial charge in [0.1, 0.15) is 5.75 Å². The SMILES string of the molecule is CCCCCCCCCCCCCC(=O)NN=Cc1ccc(OCC(=O)O)cc1. The number of carboxylic acid groups (broad SMARTS) is 1. The molecule has 0 unspecified atom stereocenters. The molecular weight excluding hydrogens is 368 g/mol. The van der Waals surface area contributed by atoms with E-state index in [1.165, 1.54) is 57.8 Å². The molecule has 0 fully saturated rings. The second kappa shape index (κ2) is 16.6. The van der Waals surface area contributed by atoms with Gasteiger partial charge in [-0.05, 0) is 36.2 Å². The first kappa shape index (κ1) is 24.7. The summed E-state index contributed by atoms with van der Waals surface area (Å²) in [6, 6.07) is 6.82. The van der Waals surface area contributed by atoms with E-state index < -0.39 is 5.97 Å². The molecule has 1 amide bonds. The van der Waals surface area contributed by atoms with Crippen LogP contribution in [-0.2, 0) is 9.59 Å². The number of benzene rings is 1. The Hall–Kier alpha value is -2.37. The molecule has 0 aliphatic carbocycles. The van der Waals surface area contributed by atoms with Crippen LogP contribution in [0.5, 0.6) is 5.75 Å². The summed E-state index contributed by atoms with van der Waals surface area (Å²) >= 11 is 0. The molecule has 29 heavy (non-hydrogen) atoms. The number of carboxylic acids is 1. The lowest BCUT2D eigenvalue weighted by molar-refractivity contribution is -0.139. The molecular formula is C23H36N2O4. The number of nitrogens with zero attached hydrogens (tertiary/aromatic N) is 1. The Morgan fingerprint density at radius 1 is 0.931 bits per heavy atom. The second-order valence-corrected chi connectivity index (χ2v) is 7.33. The van der Waals surface area contributed by atoms with Crippen molar-refractivity contribution in [3.8, 4) is 5.75 Å². The van der Waals surface area contributed by atoms with Crippen LogP contribution in [-0.4, -0.2) is 29.8 Å². The molecule has 2 N–H and O–H groups in total. The van der Waals surface area contributed by atoms with Crippen LogP contribution < -0.4 is 10.2 Å². The number of rotatable bonds is 17. The van der Waals surface area contributed by atoms with Gasteiger partial charge in [-0.3, -0.25) is 4.79 Å². The summed E-state index contributed by atoms with van der Waals surface area (Å²) in [5.41, 5.74) is 3.34. The lowest BCUT2D eigenvalue weighted by Gasteiger charge is -2.03. The van der Waals surface area contributed by atoms with Gasteiger partial charge in [0.2, 0.25) is 5.91 Å². The summed E-state index contributed by atoms with van der Waals surface area (Å²) in [7, 11) is 0. The summed E-state index contributed by atoms with van der Waals surface area (Å²) in [6.07, 6.45) is 15.9. The fourth-order valence-corrected chi connectivity index (χ4v) is 2.98. The standard InChI is InChI=1S/C23H36N2O4/c1-2-3-4-5-6-7-8-9-10-11-12-13-22(26)25-24-18-20-14-16-21(17-15-20)29-19-23(27)28/h14-18H,2-13,19H2,1H3,(H,25,26)(H,27,28). The quantitative estimate of drug-likeness (QED) is 0.209. The van der Waals surface area contributed by atoms with Crippen molar-refractivity contribution in [3.05, 3.63) is 29.8 Å². The van der Waals surface area contributed by atoms with E-state index in [9.17, 15) is 9.59 Å². The number of hydrazone groups is 1. The minimum absolute atomic E-state index is 0.0708. The van der Waals surface area contributed by atoms with Gasteiger partial charge in [0.05, 0.1) is 6.21 Å². The third-order valence-electron chi connectivity index (χ3n) is 4.65. The van der Waals surface area contributed by atoms with Crippen molar-refractivity contribution in [1.82, 2.24) is 5.43 Å². The molecule has 0 aromatic heterocycles. The van der Waals surface area contributed by atoms with Gasteiger partial charge in [0, 0.05) is 6.42 Å². The maximum absolute atomic E-state index is 11.8. The van der Waals surface area contributed by atoms with Crippen LogP contribution in [0.25, 0.3) is 0 Å². The molecule has 6 nitrogen and oxygen atoms in total. The smallest absolute Gasteiger partial charge is 0.341 e. The van der Waals surface area contributed by atoms with Crippen molar-refractivity contribution in [2.45, 2.75) is 84.0 Å². The average Bonchev–Trinajstić information content (AvgIpc) is 2.71. The first-order valence-corrected chi connectivity index (χ1v) is 10.9. The van der Waals surface area contributed by atoms with E-state index in [0.717, 1.165) is 18.4 Å². The Bertz CT molecular complexity index is 599.